The van der Waals surface area contributed by atoms with Gasteiger partial charge in [0.15, 0.2) is 0 Å². The lowest BCUT2D eigenvalue weighted by Gasteiger charge is -2.09. The van der Waals surface area contributed by atoms with Crippen LogP contribution in [0.3, 0.4) is 0 Å². The molecule has 0 spiro atoms. The highest BCUT2D eigenvalue weighted by molar-refractivity contribution is 5.69. The largest absolute Gasteiger partial charge is 0.481 e. The Morgan fingerprint density at radius 3 is 3.00 bits per heavy atom. The number of aliphatic carboxylic acids is 1. The number of aryl methyl sites for hydroxylation is 1. The van der Waals surface area contributed by atoms with E-state index in [2.05, 4.69) is 16.4 Å². The molecule has 1 aromatic rings. The summed E-state index contributed by atoms with van der Waals surface area (Å²) in [6.45, 7) is 4.16. The van der Waals surface area contributed by atoms with Crippen molar-refractivity contribution in [3.8, 4) is 6.07 Å². The van der Waals surface area contributed by atoms with E-state index in [4.69, 9.17) is 10.4 Å². The summed E-state index contributed by atoms with van der Waals surface area (Å²) in [7, 11) is 0. The van der Waals surface area contributed by atoms with Crippen molar-refractivity contribution in [2.45, 2.75) is 26.7 Å². The number of pyridine rings is 1. The second kappa shape index (κ2) is 6.60. The fourth-order valence-corrected chi connectivity index (χ4v) is 1.57. The van der Waals surface area contributed by atoms with Crippen LogP contribution in [0, 0.1) is 24.2 Å². The summed E-state index contributed by atoms with van der Waals surface area (Å²) >= 11 is 0. The maximum Gasteiger partial charge on any atom is 0.306 e. The minimum absolute atomic E-state index is 0.340. The van der Waals surface area contributed by atoms with Crippen molar-refractivity contribution < 1.29 is 9.90 Å². The fraction of sp³-hybridized carbons (Fsp3) is 0.462. The van der Waals surface area contributed by atoms with Crippen molar-refractivity contribution >= 4 is 11.8 Å². The highest BCUT2D eigenvalue weighted by atomic mass is 16.4. The Morgan fingerprint density at radius 1 is 1.67 bits per heavy atom. The number of nitrogens with zero attached hydrogens (tertiary/aromatic N) is 2. The molecule has 0 radical (unpaired) electrons. The van der Waals surface area contributed by atoms with Gasteiger partial charge in [0, 0.05) is 12.7 Å². The predicted molar refractivity (Wildman–Crippen MR) is 68.2 cm³/mol. The zero-order valence-corrected chi connectivity index (χ0v) is 10.6. The fourth-order valence-electron chi connectivity index (χ4n) is 1.57. The smallest absolute Gasteiger partial charge is 0.306 e. The van der Waals surface area contributed by atoms with Gasteiger partial charge in [-0.3, -0.25) is 4.79 Å². The van der Waals surface area contributed by atoms with Crippen molar-refractivity contribution in [3.05, 3.63) is 23.4 Å². The first-order chi connectivity index (χ1) is 8.56. The molecule has 5 heteroatoms. The second-order valence-electron chi connectivity index (χ2n) is 4.27. The highest BCUT2D eigenvalue weighted by Crippen LogP contribution is 2.15. The van der Waals surface area contributed by atoms with Crippen molar-refractivity contribution in [2.24, 2.45) is 5.92 Å². The monoisotopic (exact) mass is 247 g/mol. The van der Waals surface area contributed by atoms with Gasteiger partial charge in [0.1, 0.15) is 11.9 Å². The van der Waals surface area contributed by atoms with E-state index in [1.807, 2.05) is 6.92 Å². The maximum atomic E-state index is 10.6. The number of nitrogens with one attached hydrogen (secondary N) is 1. The number of carboxylic acid groups (broad SMARTS) is 1. The van der Waals surface area contributed by atoms with E-state index < -0.39 is 5.97 Å². The van der Waals surface area contributed by atoms with E-state index in [9.17, 15) is 4.79 Å². The summed E-state index contributed by atoms with van der Waals surface area (Å²) in [6.07, 6.45) is 2.99. The SMILES string of the molecule is Cc1ccnc(NCCCC(C)C(=O)O)c1C#N. The number of anilines is 1. The molecule has 0 saturated carbocycles. The number of hydrogen-bond acceptors (Lipinski definition) is 4. The highest BCUT2D eigenvalue weighted by Gasteiger charge is 2.10. The Hall–Kier alpha value is -2.09. The van der Waals surface area contributed by atoms with E-state index in [1.165, 1.54) is 0 Å². The number of rotatable bonds is 6. The van der Waals surface area contributed by atoms with Gasteiger partial charge in [-0.25, -0.2) is 4.98 Å². The van der Waals surface area contributed by atoms with Crippen molar-refractivity contribution in [1.29, 1.82) is 5.26 Å². The summed E-state index contributed by atoms with van der Waals surface area (Å²) in [5.41, 5.74) is 1.43. The Balaban J connectivity index is 2.48. The van der Waals surface area contributed by atoms with Gasteiger partial charge in [0.05, 0.1) is 11.5 Å². The molecule has 0 aliphatic carbocycles. The van der Waals surface area contributed by atoms with E-state index >= 15 is 0 Å². The third kappa shape index (κ3) is 3.74. The van der Waals surface area contributed by atoms with Gasteiger partial charge in [0.25, 0.3) is 0 Å². The molecule has 18 heavy (non-hydrogen) atoms. The lowest BCUT2D eigenvalue weighted by atomic mass is 10.1. The lowest BCUT2D eigenvalue weighted by molar-refractivity contribution is -0.141. The normalized spacial score (nSPS) is 11.6. The molecular weight excluding hydrogens is 230 g/mol. The molecule has 1 aromatic heterocycles. The van der Waals surface area contributed by atoms with Gasteiger partial charge in [-0.05, 0) is 31.4 Å². The van der Waals surface area contributed by atoms with Crippen molar-refractivity contribution in [1.82, 2.24) is 4.98 Å². The molecule has 1 rings (SSSR count). The van der Waals surface area contributed by atoms with Gasteiger partial charge in [-0.15, -0.1) is 0 Å². The minimum Gasteiger partial charge on any atom is -0.481 e. The van der Waals surface area contributed by atoms with Crippen LogP contribution >= 0.6 is 0 Å². The molecular formula is C13H17N3O2. The van der Waals surface area contributed by atoms with E-state index in [-0.39, 0.29) is 5.92 Å². The zero-order valence-electron chi connectivity index (χ0n) is 10.6. The Bertz CT molecular complexity index is 466. The van der Waals surface area contributed by atoms with Gasteiger partial charge in [-0.1, -0.05) is 6.92 Å². The van der Waals surface area contributed by atoms with Crippen LogP contribution in [-0.2, 0) is 4.79 Å². The second-order valence-corrected chi connectivity index (χ2v) is 4.27. The summed E-state index contributed by atoms with van der Waals surface area (Å²) in [5.74, 6) is -0.547. The van der Waals surface area contributed by atoms with Gasteiger partial charge >= 0.3 is 5.97 Å². The number of aromatic nitrogens is 1. The molecule has 0 saturated heterocycles. The van der Waals surface area contributed by atoms with Gasteiger partial charge < -0.3 is 10.4 Å². The van der Waals surface area contributed by atoms with Crippen molar-refractivity contribution in [2.75, 3.05) is 11.9 Å². The van der Waals surface area contributed by atoms with Gasteiger partial charge in [-0.2, -0.15) is 5.26 Å². The topological polar surface area (TPSA) is 86.0 Å². The third-order valence-electron chi connectivity index (χ3n) is 2.80. The van der Waals surface area contributed by atoms with Crippen LogP contribution in [0.4, 0.5) is 5.82 Å². The van der Waals surface area contributed by atoms with Crippen LogP contribution < -0.4 is 5.32 Å². The molecule has 0 aliphatic heterocycles. The first kappa shape index (κ1) is 14.0. The number of nitriles is 1. The number of carboxylic acids is 1. The Labute approximate surface area is 106 Å². The number of hydrogen-bond donors (Lipinski definition) is 2. The number of carbonyl (C=O) groups is 1. The summed E-state index contributed by atoms with van der Waals surface area (Å²) in [5, 5.41) is 20.8. The predicted octanol–water partition coefficient (Wildman–Crippen LogP) is 2.17. The molecule has 96 valence electrons. The van der Waals surface area contributed by atoms with Crippen LogP contribution in [0.2, 0.25) is 0 Å². The maximum absolute atomic E-state index is 10.6. The van der Waals surface area contributed by atoms with Crippen LogP contribution in [-0.4, -0.2) is 22.6 Å². The molecule has 0 fully saturated rings. The third-order valence-corrected chi connectivity index (χ3v) is 2.80. The van der Waals surface area contributed by atoms with Gasteiger partial charge in [0.2, 0.25) is 0 Å². The van der Waals surface area contributed by atoms with Crippen LogP contribution in [0.1, 0.15) is 30.9 Å². The molecule has 0 aliphatic rings. The zero-order chi connectivity index (χ0) is 13.5. The summed E-state index contributed by atoms with van der Waals surface area (Å²) in [4.78, 5) is 14.7. The summed E-state index contributed by atoms with van der Waals surface area (Å²) in [6, 6.07) is 3.90. The molecule has 0 amide bonds. The van der Waals surface area contributed by atoms with E-state index in [0.717, 1.165) is 12.0 Å². The standard InChI is InChI=1S/C13H17N3O2/c1-9-5-7-16-12(11(9)8-14)15-6-3-4-10(2)13(17)18/h5,7,10H,3-4,6H2,1-2H3,(H,15,16)(H,17,18). The first-order valence-corrected chi connectivity index (χ1v) is 5.88. The molecule has 2 N–H and O–H groups in total. The Morgan fingerprint density at radius 2 is 2.39 bits per heavy atom. The van der Waals surface area contributed by atoms with Crippen molar-refractivity contribution in [3.63, 3.8) is 0 Å². The minimum atomic E-state index is -0.776. The molecule has 1 atom stereocenters. The van der Waals surface area contributed by atoms with Crippen LogP contribution in [0.5, 0.6) is 0 Å². The van der Waals surface area contributed by atoms with E-state index in [1.54, 1.807) is 19.2 Å². The molecule has 1 heterocycles. The average Bonchev–Trinajstić information content (AvgIpc) is 2.34. The molecule has 0 bridgehead atoms. The van der Waals surface area contributed by atoms with Crippen LogP contribution in [0.25, 0.3) is 0 Å². The lowest BCUT2D eigenvalue weighted by Crippen LogP contribution is -2.12. The molecule has 1 unspecified atom stereocenters. The quantitative estimate of drug-likeness (QED) is 0.752. The van der Waals surface area contributed by atoms with Crippen LogP contribution in [0.15, 0.2) is 12.3 Å². The first-order valence-electron chi connectivity index (χ1n) is 5.88. The average molecular weight is 247 g/mol. The summed E-state index contributed by atoms with van der Waals surface area (Å²) < 4.78 is 0. The Kier molecular flexibility index (Phi) is 5.12. The molecule has 5 nitrogen and oxygen atoms in total. The van der Waals surface area contributed by atoms with E-state index in [0.29, 0.717) is 24.3 Å². The molecule has 0 aromatic carbocycles.